The van der Waals surface area contributed by atoms with Gasteiger partial charge in [0.25, 0.3) is 0 Å². The molecule has 2 amide bonds. The van der Waals surface area contributed by atoms with E-state index < -0.39 is 0 Å². The Morgan fingerprint density at radius 2 is 1.94 bits per heavy atom. The highest BCUT2D eigenvalue weighted by atomic mass is 16.2. The normalized spacial score (nSPS) is 16.9. The van der Waals surface area contributed by atoms with Crippen molar-refractivity contribution in [2.24, 2.45) is 5.73 Å². The molecule has 0 spiro atoms. The van der Waals surface area contributed by atoms with Crippen LogP contribution in [-0.2, 0) is 9.59 Å². The summed E-state index contributed by atoms with van der Waals surface area (Å²) >= 11 is 0. The fourth-order valence-corrected chi connectivity index (χ4v) is 2.13. The Bertz CT molecular complexity index is 281. The third kappa shape index (κ3) is 5.04. The quantitative estimate of drug-likeness (QED) is 0.706. The standard InChI is InChI=1S/C13H25N3O2/c1-15-9-6-10-16(11-13(15)18)12(17)7-4-2-3-5-8-14/h2-11,14H2,1H3. The average molecular weight is 255 g/mol. The fraction of sp³-hybridized carbons (Fsp3) is 0.846. The number of nitrogens with zero attached hydrogens (tertiary/aromatic N) is 2. The molecule has 0 aliphatic carbocycles. The Balaban J connectivity index is 2.26. The first-order valence-corrected chi connectivity index (χ1v) is 6.87. The third-order valence-electron chi connectivity index (χ3n) is 3.37. The molecule has 0 aromatic heterocycles. The van der Waals surface area contributed by atoms with E-state index >= 15 is 0 Å². The van der Waals surface area contributed by atoms with Gasteiger partial charge in [0.2, 0.25) is 11.8 Å². The van der Waals surface area contributed by atoms with Crippen LogP contribution < -0.4 is 5.73 Å². The van der Waals surface area contributed by atoms with Crippen LogP contribution >= 0.6 is 0 Å². The summed E-state index contributed by atoms with van der Waals surface area (Å²) in [6.07, 6.45) is 5.50. The van der Waals surface area contributed by atoms with Gasteiger partial charge in [-0.3, -0.25) is 9.59 Å². The van der Waals surface area contributed by atoms with E-state index in [1.807, 2.05) is 0 Å². The maximum absolute atomic E-state index is 12.0. The van der Waals surface area contributed by atoms with E-state index in [0.29, 0.717) is 13.0 Å². The van der Waals surface area contributed by atoms with Gasteiger partial charge in [-0.25, -0.2) is 0 Å². The second-order valence-electron chi connectivity index (χ2n) is 4.94. The molecule has 0 unspecified atom stereocenters. The molecule has 5 nitrogen and oxygen atoms in total. The zero-order valence-corrected chi connectivity index (χ0v) is 11.4. The predicted molar refractivity (Wildman–Crippen MR) is 71.0 cm³/mol. The monoisotopic (exact) mass is 255 g/mol. The molecular weight excluding hydrogens is 230 g/mol. The highest BCUT2D eigenvalue weighted by molar-refractivity contribution is 5.85. The van der Waals surface area contributed by atoms with Gasteiger partial charge in [-0.15, -0.1) is 0 Å². The van der Waals surface area contributed by atoms with Crippen LogP contribution in [-0.4, -0.2) is 54.8 Å². The summed E-state index contributed by atoms with van der Waals surface area (Å²) in [5, 5.41) is 0. The van der Waals surface area contributed by atoms with Gasteiger partial charge in [0.05, 0.1) is 6.54 Å². The molecule has 104 valence electrons. The molecule has 0 aromatic rings. The number of likely N-dealkylation sites (N-methyl/N-ethyl adjacent to an activating group) is 1. The zero-order valence-electron chi connectivity index (χ0n) is 11.4. The van der Waals surface area contributed by atoms with Gasteiger partial charge in [0, 0.05) is 26.6 Å². The first-order valence-electron chi connectivity index (χ1n) is 6.87. The van der Waals surface area contributed by atoms with Crippen LogP contribution in [0.15, 0.2) is 0 Å². The minimum absolute atomic E-state index is 0.0454. The molecule has 1 heterocycles. The number of nitrogens with two attached hydrogens (primary N) is 1. The predicted octanol–water partition coefficient (Wildman–Crippen LogP) is 0.586. The van der Waals surface area contributed by atoms with Crippen LogP contribution in [0.25, 0.3) is 0 Å². The minimum atomic E-state index is 0.0454. The number of unbranched alkanes of at least 4 members (excludes halogenated alkanes) is 3. The molecule has 5 heteroatoms. The molecule has 0 bridgehead atoms. The Morgan fingerprint density at radius 1 is 1.22 bits per heavy atom. The number of carbonyl (C=O) groups is 2. The molecule has 1 fully saturated rings. The lowest BCUT2D eigenvalue weighted by atomic mass is 10.1. The zero-order chi connectivity index (χ0) is 13.4. The van der Waals surface area contributed by atoms with Crippen molar-refractivity contribution in [2.45, 2.75) is 38.5 Å². The number of carbonyl (C=O) groups excluding carboxylic acids is 2. The van der Waals surface area contributed by atoms with Crippen LogP contribution in [0.5, 0.6) is 0 Å². The van der Waals surface area contributed by atoms with E-state index in [2.05, 4.69) is 0 Å². The second-order valence-corrected chi connectivity index (χ2v) is 4.94. The number of hydrogen-bond donors (Lipinski definition) is 1. The molecule has 1 saturated heterocycles. The average Bonchev–Trinajstić information content (AvgIpc) is 2.52. The van der Waals surface area contributed by atoms with Crippen LogP contribution in [0.4, 0.5) is 0 Å². The highest BCUT2D eigenvalue weighted by Crippen LogP contribution is 2.08. The Kier molecular flexibility index (Phi) is 6.72. The van der Waals surface area contributed by atoms with Gasteiger partial charge in [0.15, 0.2) is 0 Å². The molecule has 0 aromatic carbocycles. The molecule has 2 N–H and O–H groups in total. The summed E-state index contributed by atoms with van der Waals surface area (Å²) in [7, 11) is 1.79. The summed E-state index contributed by atoms with van der Waals surface area (Å²) < 4.78 is 0. The van der Waals surface area contributed by atoms with Gasteiger partial charge in [-0.05, 0) is 25.8 Å². The smallest absolute Gasteiger partial charge is 0.241 e. The SMILES string of the molecule is CN1CCCN(C(=O)CCCCCCN)CC1=O. The van der Waals surface area contributed by atoms with Crippen molar-refractivity contribution in [1.82, 2.24) is 9.80 Å². The lowest BCUT2D eigenvalue weighted by Gasteiger charge is -2.19. The first kappa shape index (κ1) is 15.0. The van der Waals surface area contributed by atoms with Gasteiger partial charge in [0.1, 0.15) is 0 Å². The Morgan fingerprint density at radius 3 is 2.67 bits per heavy atom. The Labute approximate surface area is 109 Å². The van der Waals surface area contributed by atoms with E-state index in [1.54, 1.807) is 16.8 Å². The van der Waals surface area contributed by atoms with Crippen LogP contribution in [0, 0.1) is 0 Å². The van der Waals surface area contributed by atoms with Gasteiger partial charge in [-0.2, -0.15) is 0 Å². The number of amides is 2. The highest BCUT2D eigenvalue weighted by Gasteiger charge is 2.22. The Hall–Kier alpha value is -1.10. The molecule has 1 aliphatic rings. The molecular formula is C13H25N3O2. The fourth-order valence-electron chi connectivity index (χ4n) is 2.13. The lowest BCUT2D eigenvalue weighted by Crippen LogP contribution is -2.37. The van der Waals surface area contributed by atoms with Crippen molar-refractivity contribution in [3.05, 3.63) is 0 Å². The van der Waals surface area contributed by atoms with Crippen LogP contribution in [0.2, 0.25) is 0 Å². The van der Waals surface area contributed by atoms with Crippen molar-refractivity contribution < 1.29 is 9.59 Å². The molecule has 0 atom stereocenters. The summed E-state index contributed by atoms with van der Waals surface area (Å²) in [4.78, 5) is 27.0. The molecule has 1 aliphatic heterocycles. The van der Waals surface area contributed by atoms with Crippen molar-refractivity contribution >= 4 is 11.8 Å². The van der Waals surface area contributed by atoms with Crippen molar-refractivity contribution in [3.8, 4) is 0 Å². The van der Waals surface area contributed by atoms with E-state index in [4.69, 9.17) is 5.73 Å². The number of hydrogen-bond acceptors (Lipinski definition) is 3. The van der Waals surface area contributed by atoms with E-state index in [9.17, 15) is 9.59 Å². The second kappa shape index (κ2) is 8.08. The molecule has 18 heavy (non-hydrogen) atoms. The van der Waals surface area contributed by atoms with Crippen molar-refractivity contribution in [1.29, 1.82) is 0 Å². The first-order chi connectivity index (χ1) is 8.65. The van der Waals surface area contributed by atoms with Crippen molar-refractivity contribution in [2.75, 3.05) is 33.2 Å². The summed E-state index contributed by atoms with van der Waals surface area (Å²) in [5.74, 6) is 0.162. The van der Waals surface area contributed by atoms with E-state index in [0.717, 1.165) is 45.2 Å². The lowest BCUT2D eigenvalue weighted by molar-refractivity contribution is -0.138. The molecule has 0 radical (unpaired) electrons. The van der Waals surface area contributed by atoms with E-state index in [1.165, 1.54) is 0 Å². The largest absolute Gasteiger partial charge is 0.344 e. The summed E-state index contributed by atoms with van der Waals surface area (Å²) in [5.41, 5.74) is 5.42. The van der Waals surface area contributed by atoms with Gasteiger partial charge >= 0.3 is 0 Å². The third-order valence-corrected chi connectivity index (χ3v) is 3.37. The number of rotatable bonds is 6. The van der Waals surface area contributed by atoms with Crippen LogP contribution in [0.1, 0.15) is 38.5 Å². The molecule has 0 saturated carbocycles. The van der Waals surface area contributed by atoms with Gasteiger partial charge < -0.3 is 15.5 Å². The van der Waals surface area contributed by atoms with Gasteiger partial charge in [-0.1, -0.05) is 12.8 Å². The maximum atomic E-state index is 12.0. The van der Waals surface area contributed by atoms with Crippen molar-refractivity contribution in [3.63, 3.8) is 0 Å². The minimum Gasteiger partial charge on any atom is -0.344 e. The van der Waals surface area contributed by atoms with E-state index in [-0.39, 0.29) is 18.4 Å². The topological polar surface area (TPSA) is 66.6 Å². The summed E-state index contributed by atoms with van der Waals surface area (Å²) in [6.45, 7) is 2.43. The molecule has 1 rings (SSSR count). The summed E-state index contributed by atoms with van der Waals surface area (Å²) in [6, 6.07) is 0. The van der Waals surface area contributed by atoms with Crippen LogP contribution in [0.3, 0.4) is 0 Å². The maximum Gasteiger partial charge on any atom is 0.241 e.